The first-order chi connectivity index (χ1) is 12.0. The van der Waals surface area contributed by atoms with Gasteiger partial charge >= 0.3 is 4.87 Å². The van der Waals surface area contributed by atoms with Crippen molar-refractivity contribution in [3.63, 3.8) is 0 Å². The molecule has 0 atom stereocenters. The molecular weight excluding hydrogens is 338 g/mol. The summed E-state index contributed by atoms with van der Waals surface area (Å²) in [5.41, 5.74) is 2.77. The molecule has 7 heteroatoms. The second-order valence-electron chi connectivity index (χ2n) is 6.14. The number of aromatic nitrogens is 1. The normalized spacial score (nSPS) is 14.1. The van der Waals surface area contributed by atoms with E-state index in [9.17, 15) is 14.4 Å². The summed E-state index contributed by atoms with van der Waals surface area (Å²) in [6.45, 7) is 3.47. The number of carbonyl (C=O) groups is 2. The Labute approximate surface area is 150 Å². The minimum atomic E-state index is -0.0868. The second-order valence-corrected chi connectivity index (χ2v) is 6.96. The van der Waals surface area contributed by atoms with Crippen LogP contribution in [0.3, 0.4) is 0 Å². The third kappa shape index (κ3) is 4.17. The van der Waals surface area contributed by atoms with Crippen LogP contribution in [0.25, 0.3) is 0 Å². The van der Waals surface area contributed by atoms with Crippen LogP contribution in [0.5, 0.6) is 0 Å². The smallest absolute Gasteiger partial charge is 0.307 e. The van der Waals surface area contributed by atoms with Gasteiger partial charge in [0.25, 0.3) is 0 Å². The van der Waals surface area contributed by atoms with E-state index in [2.05, 4.69) is 5.32 Å². The van der Waals surface area contributed by atoms with Gasteiger partial charge in [0.15, 0.2) is 0 Å². The number of carbonyl (C=O) groups excluding carboxylic acids is 2. The predicted molar refractivity (Wildman–Crippen MR) is 97.8 cm³/mol. The maximum Gasteiger partial charge on any atom is 0.307 e. The van der Waals surface area contributed by atoms with Crippen molar-refractivity contribution in [1.82, 2.24) is 9.88 Å². The molecule has 2 amide bonds. The number of amides is 2. The van der Waals surface area contributed by atoms with Gasteiger partial charge in [-0.25, -0.2) is 0 Å². The van der Waals surface area contributed by atoms with Gasteiger partial charge in [-0.05, 0) is 31.0 Å². The SMILES string of the molecule is Cc1csc(=O)n1CCC(=O)NCc1ccc(N2CCCC2=O)cc1. The maximum atomic E-state index is 12.0. The van der Waals surface area contributed by atoms with E-state index >= 15 is 0 Å². The predicted octanol–water partition coefficient (Wildman–Crippen LogP) is 2.05. The molecule has 1 aliphatic heterocycles. The molecule has 1 aromatic carbocycles. The number of hydrogen-bond donors (Lipinski definition) is 1. The van der Waals surface area contributed by atoms with Gasteiger partial charge in [-0.2, -0.15) is 0 Å². The molecule has 1 fully saturated rings. The number of aryl methyl sites for hydroxylation is 1. The van der Waals surface area contributed by atoms with Gasteiger partial charge in [-0.1, -0.05) is 23.5 Å². The fourth-order valence-corrected chi connectivity index (χ4v) is 3.65. The molecule has 3 rings (SSSR count). The van der Waals surface area contributed by atoms with Crippen LogP contribution in [-0.4, -0.2) is 22.9 Å². The highest BCUT2D eigenvalue weighted by Crippen LogP contribution is 2.21. The molecule has 0 aliphatic carbocycles. The highest BCUT2D eigenvalue weighted by atomic mass is 32.1. The number of benzene rings is 1. The highest BCUT2D eigenvalue weighted by Gasteiger charge is 2.21. The molecule has 2 aromatic rings. The molecule has 25 heavy (non-hydrogen) atoms. The van der Waals surface area contributed by atoms with Crippen molar-refractivity contribution in [2.45, 2.75) is 39.3 Å². The summed E-state index contributed by atoms with van der Waals surface area (Å²) >= 11 is 1.15. The lowest BCUT2D eigenvalue weighted by molar-refractivity contribution is -0.121. The number of anilines is 1. The Bertz CT molecular complexity index is 823. The molecule has 2 heterocycles. The Hall–Kier alpha value is -2.41. The number of nitrogens with one attached hydrogen (secondary N) is 1. The van der Waals surface area contributed by atoms with Crippen LogP contribution < -0.4 is 15.1 Å². The van der Waals surface area contributed by atoms with E-state index in [1.165, 1.54) is 0 Å². The second kappa shape index (κ2) is 7.65. The van der Waals surface area contributed by atoms with Gasteiger partial charge in [0.2, 0.25) is 11.8 Å². The minimum absolute atomic E-state index is 0.0302. The van der Waals surface area contributed by atoms with Gasteiger partial charge in [0.1, 0.15) is 0 Å². The van der Waals surface area contributed by atoms with Crippen molar-refractivity contribution in [1.29, 1.82) is 0 Å². The summed E-state index contributed by atoms with van der Waals surface area (Å²) in [6, 6.07) is 7.68. The Kier molecular flexibility index (Phi) is 5.33. The zero-order chi connectivity index (χ0) is 17.8. The molecule has 1 aromatic heterocycles. The van der Waals surface area contributed by atoms with Crippen LogP contribution in [-0.2, 0) is 22.7 Å². The number of nitrogens with zero attached hydrogens (tertiary/aromatic N) is 2. The molecule has 0 spiro atoms. The molecule has 0 bridgehead atoms. The minimum Gasteiger partial charge on any atom is -0.352 e. The van der Waals surface area contributed by atoms with Gasteiger partial charge in [0.05, 0.1) is 0 Å². The number of thiazole rings is 1. The van der Waals surface area contributed by atoms with Gasteiger partial charge in [-0.3, -0.25) is 14.4 Å². The van der Waals surface area contributed by atoms with Crippen LogP contribution in [0, 0.1) is 6.92 Å². The van der Waals surface area contributed by atoms with E-state index < -0.39 is 0 Å². The van der Waals surface area contributed by atoms with Crippen molar-refractivity contribution in [2.75, 3.05) is 11.4 Å². The zero-order valence-corrected chi connectivity index (χ0v) is 15.0. The Morgan fingerprint density at radius 3 is 2.60 bits per heavy atom. The summed E-state index contributed by atoms with van der Waals surface area (Å²) in [5.74, 6) is 0.0799. The molecular formula is C18H21N3O3S. The van der Waals surface area contributed by atoms with Crippen LogP contribution in [0.1, 0.15) is 30.5 Å². The fourth-order valence-electron chi connectivity index (χ4n) is 2.89. The van der Waals surface area contributed by atoms with Crippen LogP contribution in [0.4, 0.5) is 5.69 Å². The van der Waals surface area contributed by atoms with E-state index in [4.69, 9.17) is 0 Å². The van der Waals surface area contributed by atoms with Crippen molar-refractivity contribution in [3.8, 4) is 0 Å². The molecule has 1 aliphatic rings. The largest absolute Gasteiger partial charge is 0.352 e. The fraction of sp³-hybridized carbons (Fsp3) is 0.389. The van der Waals surface area contributed by atoms with Crippen LogP contribution >= 0.6 is 11.3 Å². The first kappa shape index (κ1) is 17.4. The van der Waals surface area contributed by atoms with E-state index in [0.29, 0.717) is 19.5 Å². The molecule has 1 N–H and O–H groups in total. The average Bonchev–Trinajstić information content (AvgIpc) is 3.17. The third-order valence-electron chi connectivity index (χ3n) is 4.35. The lowest BCUT2D eigenvalue weighted by Crippen LogP contribution is -2.26. The number of rotatable bonds is 6. The molecule has 132 valence electrons. The van der Waals surface area contributed by atoms with E-state index in [1.807, 2.05) is 31.2 Å². The van der Waals surface area contributed by atoms with Gasteiger partial charge in [0, 0.05) is 49.2 Å². The quantitative estimate of drug-likeness (QED) is 0.858. The summed E-state index contributed by atoms with van der Waals surface area (Å²) in [7, 11) is 0. The van der Waals surface area contributed by atoms with Crippen molar-refractivity contribution in [2.24, 2.45) is 0 Å². The lowest BCUT2D eigenvalue weighted by atomic mass is 10.2. The van der Waals surface area contributed by atoms with Crippen molar-refractivity contribution < 1.29 is 9.59 Å². The van der Waals surface area contributed by atoms with E-state index in [1.54, 1.807) is 14.8 Å². The summed E-state index contributed by atoms with van der Waals surface area (Å²) in [5, 5.41) is 4.67. The first-order valence-electron chi connectivity index (χ1n) is 8.35. The molecule has 0 saturated carbocycles. The van der Waals surface area contributed by atoms with Crippen molar-refractivity contribution in [3.05, 3.63) is 50.6 Å². The third-order valence-corrected chi connectivity index (χ3v) is 5.23. The Morgan fingerprint density at radius 1 is 1.24 bits per heavy atom. The van der Waals surface area contributed by atoms with E-state index in [-0.39, 0.29) is 23.1 Å². The maximum absolute atomic E-state index is 12.0. The Morgan fingerprint density at radius 2 is 2.00 bits per heavy atom. The van der Waals surface area contributed by atoms with E-state index in [0.717, 1.165) is 41.2 Å². The zero-order valence-electron chi connectivity index (χ0n) is 14.2. The van der Waals surface area contributed by atoms with Gasteiger partial charge in [-0.15, -0.1) is 0 Å². The highest BCUT2D eigenvalue weighted by molar-refractivity contribution is 7.07. The van der Waals surface area contributed by atoms with Crippen molar-refractivity contribution >= 4 is 28.8 Å². The molecule has 0 unspecified atom stereocenters. The monoisotopic (exact) mass is 359 g/mol. The van der Waals surface area contributed by atoms with Crippen LogP contribution in [0.15, 0.2) is 34.4 Å². The Balaban J connectivity index is 1.49. The molecule has 6 nitrogen and oxygen atoms in total. The molecule has 0 radical (unpaired) electrons. The standard InChI is InChI=1S/C18H21N3O3S/c1-13-12-25-18(24)20(13)10-8-16(22)19-11-14-4-6-15(7-5-14)21-9-2-3-17(21)23/h4-7,12H,2-3,8-11H2,1H3,(H,19,22). The average molecular weight is 359 g/mol. The molecule has 1 saturated heterocycles. The summed E-state index contributed by atoms with van der Waals surface area (Å²) in [6.07, 6.45) is 1.80. The van der Waals surface area contributed by atoms with Crippen LogP contribution in [0.2, 0.25) is 0 Å². The topological polar surface area (TPSA) is 71.4 Å². The van der Waals surface area contributed by atoms with Gasteiger partial charge < -0.3 is 14.8 Å². The number of hydrogen-bond acceptors (Lipinski definition) is 4. The first-order valence-corrected chi connectivity index (χ1v) is 9.23. The summed E-state index contributed by atoms with van der Waals surface area (Å²) in [4.78, 5) is 37.1. The summed E-state index contributed by atoms with van der Waals surface area (Å²) < 4.78 is 1.62. The lowest BCUT2D eigenvalue weighted by Gasteiger charge is -2.16.